The Morgan fingerprint density at radius 1 is 1.24 bits per heavy atom. The van der Waals surface area contributed by atoms with Crippen LogP contribution in [0, 0.1) is 17.0 Å². The monoisotopic (exact) mass is 351 g/mol. The van der Waals surface area contributed by atoms with Crippen LogP contribution in [0.25, 0.3) is 0 Å². The van der Waals surface area contributed by atoms with Crippen molar-refractivity contribution >= 4 is 21.6 Å². The van der Waals surface area contributed by atoms with E-state index in [1.165, 1.54) is 6.07 Å². The van der Waals surface area contributed by atoms with Crippen LogP contribution in [0.4, 0.5) is 5.69 Å². The molecule has 110 valence electrons. The van der Waals surface area contributed by atoms with Gasteiger partial charge in [-0.2, -0.15) is 0 Å². The van der Waals surface area contributed by atoms with Gasteiger partial charge in [0.25, 0.3) is 0 Å². The van der Waals surface area contributed by atoms with E-state index in [2.05, 4.69) is 15.9 Å². The Kier molecular flexibility index (Phi) is 4.59. The average molecular weight is 352 g/mol. The lowest BCUT2D eigenvalue weighted by molar-refractivity contribution is -0.385. The molecule has 6 heteroatoms. The minimum atomic E-state index is -0.594. The first-order valence-corrected chi connectivity index (χ1v) is 7.08. The Bertz CT molecular complexity index is 685. The van der Waals surface area contributed by atoms with Crippen molar-refractivity contribution in [3.8, 4) is 11.5 Å². The first kappa shape index (κ1) is 15.5. The van der Waals surface area contributed by atoms with Gasteiger partial charge in [0.05, 0.1) is 15.5 Å². The van der Waals surface area contributed by atoms with Crippen molar-refractivity contribution in [2.24, 2.45) is 0 Å². The average Bonchev–Trinajstić information content (AvgIpc) is 2.40. The summed E-state index contributed by atoms with van der Waals surface area (Å²) in [5.41, 5.74) is 1.51. The standard InChI is InChI=1S/C15H14BrNO4/c1-9-3-5-13(17(19)20)15(7-9)21-14-6-4-11(10(2)18)8-12(14)16/h3-8,10,18H,1-2H3/t10-/m1/s1. The molecule has 0 aromatic heterocycles. The molecule has 0 fully saturated rings. The van der Waals surface area contributed by atoms with Gasteiger partial charge in [-0.15, -0.1) is 0 Å². The van der Waals surface area contributed by atoms with Crippen LogP contribution in [0.5, 0.6) is 11.5 Å². The van der Waals surface area contributed by atoms with Crippen LogP contribution in [0.15, 0.2) is 40.9 Å². The largest absolute Gasteiger partial charge is 0.449 e. The van der Waals surface area contributed by atoms with Crippen molar-refractivity contribution in [2.75, 3.05) is 0 Å². The minimum absolute atomic E-state index is 0.0906. The molecule has 0 aliphatic rings. The molecular weight excluding hydrogens is 338 g/mol. The zero-order valence-corrected chi connectivity index (χ0v) is 13.1. The van der Waals surface area contributed by atoms with Crippen LogP contribution in [0.3, 0.4) is 0 Å². The maximum Gasteiger partial charge on any atom is 0.311 e. The van der Waals surface area contributed by atoms with Gasteiger partial charge in [-0.05, 0) is 59.1 Å². The van der Waals surface area contributed by atoms with Gasteiger partial charge in [0, 0.05) is 6.07 Å². The van der Waals surface area contributed by atoms with Gasteiger partial charge in [0.2, 0.25) is 5.75 Å². The van der Waals surface area contributed by atoms with Gasteiger partial charge < -0.3 is 9.84 Å². The zero-order chi connectivity index (χ0) is 15.6. The van der Waals surface area contributed by atoms with Crippen molar-refractivity contribution in [2.45, 2.75) is 20.0 Å². The minimum Gasteiger partial charge on any atom is -0.449 e. The molecule has 2 aromatic rings. The Morgan fingerprint density at radius 3 is 2.52 bits per heavy atom. The summed E-state index contributed by atoms with van der Waals surface area (Å²) in [5, 5.41) is 20.6. The molecule has 0 aliphatic heterocycles. The van der Waals surface area contributed by atoms with Crippen LogP contribution >= 0.6 is 15.9 Å². The second-order valence-electron chi connectivity index (χ2n) is 4.70. The number of nitro benzene ring substituents is 1. The summed E-state index contributed by atoms with van der Waals surface area (Å²) in [4.78, 5) is 10.6. The lowest BCUT2D eigenvalue weighted by atomic mass is 10.1. The van der Waals surface area contributed by atoms with E-state index in [0.717, 1.165) is 11.1 Å². The maximum atomic E-state index is 11.0. The third-order valence-electron chi connectivity index (χ3n) is 2.97. The molecule has 1 N–H and O–H groups in total. The molecule has 0 aliphatic carbocycles. The summed E-state index contributed by atoms with van der Waals surface area (Å²) < 4.78 is 6.27. The Hall–Kier alpha value is -1.92. The van der Waals surface area contributed by atoms with Gasteiger partial charge in [0.15, 0.2) is 0 Å². The number of hydrogen-bond acceptors (Lipinski definition) is 4. The quantitative estimate of drug-likeness (QED) is 0.649. The third-order valence-corrected chi connectivity index (χ3v) is 3.59. The van der Waals surface area contributed by atoms with Crippen LogP contribution in [-0.4, -0.2) is 10.0 Å². The van der Waals surface area contributed by atoms with Crippen LogP contribution < -0.4 is 4.74 Å². The van der Waals surface area contributed by atoms with E-state index >= 15 is 0 Å². The predicted molar refractivity (Wildman–Crippen MR) is 82.7 cm³/mol. The Balaban J connectivity index is 2.38. The zero-order valence-electron chi connectivity index (χ0n) is 11.5. The van der Waals surface area contributed by atoms with E-state index in [9.17, 15) is 15.2 Å². The SMILES string of the molecule is Cc1ccc([N+](=O)[O-])c(Oc2ccc([C@@H](C)O)cc2Br)c1. The number of aliphatic hydroxyl groups is 1. The predicted octanol–water partition coefficient (Wildman–Crippen LogP) is 4.51. The van der Waals surface area contributed by atoms with Crippen molar-refractivity contribution < 1.29 is 14.8 Å². The Labute approximate surface area is 130 Å². The normalized spacial score (nSPS) is 12.0. The van der Waals surface area contributed by atoms with Crippen LogP contribution in [0.2, 0.25) is 0 Å². The summed E-state index contributed by atoms with van der Waals surface area (Å²) in [5.74, 6) is 0.638. The number of hydrogen-bond donors (Lipinski definition) is 1. The van der Waals surface area contributed by atoms with E-state index in [1.807, 2.05) is 6.92 Å². The van der Waals surface area contributed by atoms with Crippen molar-refractivity contribution in [1.29, 1.82) is 0 Å². The first-order chi connectivity index (χ1) is 9.88. The first-order valence-electron chi connectivity index (χ1n) is 6.29. The summed E-state index contributed by atoms with van der Waals surface area (Å²) >= 11 is 3.35. The number of aryl methyl sites for hydroxylation is 1. The van der Waals surface area contributed by atoms with E-state index in [1.54, 1.807) is 37.3 Å². The highest BCUT2D eigenvalue weighted by atomic mass is 79.9. The summed E-state index contributed by atoms with van der Waals surface area (Å²) in [6, 6.07) is 9.80. The molecule has 2 aromatic carbocycles. The summed E-state index contributed by atoms with van der Waals surface area (Å²) in [7, 11) is 0. The molecule has 5 nitrogen and oxygen atoms in total. The van der Waals surface area contributed by atoms with Crippen molar-refractivity contribution in [1.82, 2.24) is 0 Å². The molecule has 0 heterocycles. The number of ether oxygens (including phenoxy) is 1. The Morgan fingerprint density at radius 2 is 1.95 bits per heavy atom. The fourth-order valence-electron chi connectivity index (χ4n) is 1.83. The smallest absolute Gasteiger partial charge is 0.311 e. The topological polar surface area (TPSA) is 72.6 Å². The van der Waals surface area contributed by atoms with Gasteiger partial charge >= 0.3 is 5.69 Å². The molecule has 1 atom stereocenters. The second-order valence-corrected chi connectivity index (χ2v) is 5.55. The molecule has 21 heavy (non-hydrogen) atoms. The fourth-order valence-corrected chi connectivity index (χ4v) is 2.31. The molecule has 0 bridgehead atoms. The maximum absolute atomic E-state index is 11.0. The number of nitrogens with zero attached hydrogens (tertiary/aromatic N) is 1. The molecule has 0 spiro atoms. The number of rotatable bonds is 4. The fraction of sp³-hybridized carbons (Fsp3) is 0.200. The van der Waals surface area contributed by atoms with Gasteiger partial charge in [-0.25, -0.2) is 0 Å². The number of benzene rings is 2. The van der Waals surface area contributed by atoms with E-state index < -0.39 is 11.0 Å². The van der Waals surface area contributed by atoms with Gasteiger partial charge in [-0.1, -0.05) is 12.1 Å². The molecule has 0 unspecified atom stereocenters. The highest BCUT2D eigenvalue weighted by Crippen LogP contribution is 2.36. The van der Waals surface area contributed by atoms with Gasteiger partial charge in [0.1, 0.15) is 5.75 Å². The number of aliphatic hydroxyl groups excluding tert-OH is 1. The van der Waals surface area contributed by atoms with Crippen molar-refractivity contribution in [3.63, 3.8) is 0 Å². The molecule has 0 amide bonds. The van der Waals surface area contributed by atoms with Crippen molar-refractivity contribution in [3.05, 3.63) is 62.1 Å². The second kappa shape index (κ2) is 6.24. The molecule has 0 saturated carbocycles. The third kappa shape index (κ3) is 3.59. The molecular formula is C15H14BrNO4. The molecule has 2 rings (SSSR count). The lowest BCUT2D eigenvalue weighted by Crippen LogP contribution is -1.96. The van der Waals surface area contributed by atoms with Crippen LogP contribution in [0.1, 0.15) is 24.2 Å². The summed E-state index contributed by atoms with van der Waals surface area (Å²) in [6.45, 7) is 3.50. The van der Waals surface area contributed by atoms with Crippen LogP contribution in [-0.2, 0) is 0 Å². The highest BCUT2D eigenvalue weighted by molar-refractivity contribution is 9.10. The lowest BCUT2D eigenvalue weighted by Gasteiger charge is -2.11. The number of nitro groups is 1. The highest BCUT2D eigenvalue weighted by Gasteiger charge is 2.17. The van der Waals surface area contributed by atoms with Gasteiger partial charge in [-0.3, -0.25) is 10.1 Å². The summed E-state index contributed by atoms with van der Waals surface area (Å²) in [6.07, 6.45) is -0.594. The van der Waals surface area contributed by atoms with E-state index in [-0.39, 0.29) is 11.4 Å². The van der Waals surface area contributed by atoms with E-state index in [0.29, 0.717) is 10.2 Å². The number of halogens is 1. The molecule has 0 saturated heterocycles. The molecule has 0 radical (unpaired) electrons. The van der Waals surface area contributed by atoms with E-state index in [4.69, 9.17) is 4.74 Å².